The van der Waals surface area contributed by atoms with Crippen molar-refractivity contribution < 1.29 is 31.4 Å². The lowest BCUT2D eigenvalue weighted by atomic mass is 9.94. The van der Waals surface area contributed by atoms with Crippen LogP contribution in [0.15, 0.2) is 42.5 Å². The third-order valence-corrected chi connectivity index (χ3v) is 3.13. The van der Waals surface area contributed by atoms with Crippen molar-refractivity contribution >= 4 is 0 Å². The average molecular weight is 320 g/mol. The minimum absolute atomic E-state index is 0.0802. The van der Waals surface area contributed by atoms with Crippen molar-refractivity contribution in [3.63, 3.8) is 0 Å². The van der Waals surface area contributed by atoms with Gasteiger partial charge in [-0.05, 0) is 34.9 Å². The molecule has 22 heavy (non-hydrogen) atoms. The van der Waals surface area contributed by atoms with Gasteiger partial charge in [0.1, 0.15) is 0 Å². The summed E-state index contributed by atoms with van der Waals surface area (Å²) in [7, 11) is 0. The van der Waals surface area contributed by atoms with E-state index in [1.54, 1.807) is 0 Å². The minimum atomic E-state index is -4.65. The molecule has 1 N–H and O–H groups in total. The molecule has 0 aliphatic heterocycles. The Labute approximate surface area is 121 Å². The van der Waals surface area contributed by atoms with Gasteiger partial charge in [0.25, 0.3) is 0 Å². The van der Waals surface area contributed by atoms with Gasteiger partial charge in [-0.25, -0.2) is 0 Å². The van der Waals surface area contributed by atoms with Crippen molar-refractivity contribution in [2.45, 2.75) is 19.0 Å². The summed E-state index contributed by atoms with van der Waals surface area (Å²) in [5.74, 6) is 0. The molecule has 0 aromatic heterocycles. The summed E-state index contributed by atoms with van der Waals surface area (Å²) in [6, 6.07) is 6.83. The molecule has 0 aliphatic carbocycles. The molecule has 7 heteroatoms. The first-order valence-corrected chi connectivity index (χ1v) is 6.12. The Morgan fingerprint density at radius 1 is 0.773 bits per heavy atom. The molecule has 0 unspecified atom stereocenters. The molecule has 1 nitrogen and oxygen atoms in total. The van der Waals surface area contributed by atoms with Crippen molar-refractivity contribution in [1.82, 2.24) is 0 Å². The van der Waals surface area contributed by atoms with E-state index in [-0.39, 0.29) is 16.7 Å². The Balaban J connectivity index is 2.64. The highest BCUT2D eigenvalue weighted by molar-refractivity contribution is 5.71. The van der Waals surface area contributed by atoms with Crippen LogP contribution < -0.4 is 0 Å². The van der Waals surface area contributed by atoms with E-state index in [4.69, 9.17) is 0 Å². The van der Waals surface area contributed by atoms with Crippen molar-refractivity contribution in [1.29, 1.82) is 0 Å². The van der Waals surface area contributed by atoms with Gasteiger partial charge in [0.2, 0.25) is 0 Å². The highest BCUT2D eigenvalue weighted by Gasteiger charge is 2.35. The van der Waals surface area contributed by atoms with E-state index in [1.807, 2.05) is 0 Å². The average Bonchev–Trinajstić information content (AvgIpc) is 2.44. The summed E-state index contributed by atoms with van der Waals surface area (Å²) < 4.78 is 76.9. The Morgan fingerprint density at radius 2 is 1.41 bits per heavy atom. The number of halogens is 6. The van der Waals surface area contributed by atoms with Crippen molar-refractivity contribution in [2.75, 3.05) is 0 Å². The molecule has 118 valence electrons. The Morgan fingerprint density at radius 3 is 1.95 bits per heavy atom. The van der Waals surface area contributed by atoms with Crippen LogP contribution in [0.5, 0.6) is 0 Å². The molecule has 2 aromatic carbocycles. The smallest absolute Gasteiger partial charge is 0.392 e. The number of benzene rings is 2. The van der Waals surface area contributed by atoms with Gasteiger partial charge >= 0.3 is 12.4 Å². The second-order valence-corrected chi connectivity index (χ2v) is 4.57. The molecule has 0 fully saturated rings. The largest absolute Gasteiger partial charge is 0.417 e. The van der Waals surface area contributed by atoms with Crippen molar-refractivity contribution in [3.05, 3.63) is 59.2 Å². The van der Waals surface area contributed by atoms with E-state index >= 15 is 0 Å². The monoisotopic (exact) mass is 320 g/mol. The number of hydrogen-bond donors (Lipinski definition) is 1. The fraction of sp³-hybridized carbons (Fsp3) is 0.200. The summed E-state index contributed by atoms with van der Waals surface area (Å²) in [6.45, 7) is -0.800. The number of hydrogen-bond acceptors (Lipinski definition) is 1. The molecule has 0 spiro atoms. The van der Waals surface area contributed by atoms with E-state index < -0.39 is 30.1 Å². The summed E-state index contributed by atoms with van der Waals surface area (Å²) in [5.41, 5.74) is -2.56. The molecule has 0 bridgehead atoms. The van der Waals surface area contributed by atoms with E-state index in [0.717, 1.165) is 18.2 Å². The molecular formula is C15H10F6O. The molecular weight excluding hydrogens is 310 g/mol. The summed E-state index contributed by atoms with van der Waals surface area (Å²) >= 11 is 0. The first-order valence-electron chi connectivity index (χ1n) is 6.12. The molecule has 0 saturated carbocycles. The summed E-state index contributed by atoms with van der Waals surface area (Å²) in [5, 5.41) is 9.22. The first kappa shape index (κ1) is 16.4. The van der Waals surface area contributed by atoms with Crippen LogP contribution in [0.1, 0.15) is 16.7 Å². The molecule has 0 heterocycles. The van der Waals surface area contributed by atoms with Crippen LogP contribution in [0, 0.1) is 0 Å². The lowest BCUT2D eigenvalue weighted by Crippen LogP contribution is -2.09. The summed E-state index contributed by atoms with van der Waals surface area (Å²) in [4.78, 5) is 0. The minimum Gasteiger partial charge on any atom is -0.392 e. The second kappa shape index (κ2) is 5.64. The van der Waals surface area contributed by atoms with Gasteiger partial charge in [-0.3, -0.25) is 0 Å². The highest BCUT2D eigenvalue weighted by atomic mass is 19.4. The zero-order chi connectivity index (χ0) is 16.5. The zero-order valence-electron chi connectivity index (χ0n) is 11.0. The van der Waals surface area contributed by atoms with Gasteiger partial charge in [0.15, 0.2) is 0 Å². The lowest BCUT2D eigenvalue weighted by molar-refractivity contribution is -0.138. The van der Waals surface area contributed by atoms with E-state index in [9.17, 15) is 31.4 Å². The van der Waals surface area contributed by atoms with E-state index in [0.29, 0.717) is 12.1 Å². The van der Waals surface area contributed by atoms with Gasteiger partial charge in [-0.15, -0.1) is 0 Å². The third-order valence-electron chi connectivity index (χ3n) is 3.13. The Bertz CT molecular complexity index is 672. The number of alkyl halides is 6. The summed E-state index contributed by atoms with van der Waals surface area (Å²) in [6.07, 6.45) is -9.28. The molecule has 0 saturated heterocycles. The molecule has 0 atom stereocenters. The maximum Gasteiger partial charge on any atom is 0.417 e. The predicted molar refractivity (Wildman–Crippen MR) is 67.8 cm³/mol. The predicted octanol–water partition coefficient (Wildman–Crippen LogP) is 4.88. The van der Waals surface area contributed by atoms with Crippen molar-refractivity contribution in [3.8, 4) is 11.1 Å². The van der Waals surface area contributed by atoms with Crippen LogP contribution in [-0.2, 0) is 19.0 Å². The molecule has 0 amide bonds. The van der Waals surface area contributed by atoms with Gasteiger partial charge in [-0.1, -0.05) is 24.3 Å². The molecule has 0 aliphatic rings. The van der Waals surface area contributed by atoms with Crippen LogP contribution in [0.25, 0.3) is 11.1 Å². The SMILES string of the molecule is OCc1cc(C(F)(F)F)ccc1-c1ccccc1C(F)(F)F. The maximum atomic E-state index is 13.0. The lowest BCUT2D eigenvalue weighted by Gasteiger charge is -2.16. The quantitative estimate of drug-likeness (QED) is 0.782. The van der Waals surface area contributed by atoms with Gasteiger partial charge in [-0.2, -0.15) is 26.3 Å². The first-order chi connectivity index (χ1) is 10.1. The maximum absolute atomic E-state index is 13.0. The fourth-order valence-electron chi connectivity index (χ4n) is 2.13. The van der Waals surface area contributed by atoms with Crippen molar-refractivity contribution in [2.24, 2.45) is 0 Å². The standard InChI is InChI=1S/C15H10F6O/c16-14(17,18)10-5-6-11(9(7-10)8-22)12-3-1-2-4-13(12)15(19,20)21/h1-7,22H,8H2. The van der Waals surface area contributed by atoms with Crippen LogP contribution >= 0.6 is 0 Å². The molecule has 0 radical (unpaired) electrons. The van der Waals surface area contributed by atoms with Crippen LogP contribution in [0.4, 0.5) is 26.3 Å². The van der Waals surface area contributed by atoms with E-state index in [2.05, 4.69) is 0 Å². The molecule has 2 rings (SSSR count). The number of rotatable bonds is 2. The topological polar surface area (TPSA) is 20.2 Å². The third kappa shape index (κ3) is 3.24. The Hall–Kier alpha value is -2.02. The number of aliphatic hydroxyl groups excluding tert-OH is 1. The van der Waals surface area contributed by atoms with Crippen LogP contribution in [-0.4, -0.2) is 5.11 Å². The fourth-order valence-corrected chi connectivity index (χ4v) is 2.13. The Kier molecular flexibility index (Phi) is 4.19. The van der Waals surface area contributed by atoms with Gasteiger partial charge in [0, 0.05) is 0 Å². The molecule has 2 aromatic rings. The normalized spacial score (nSPS) is 12.5. The van der Waals surface area contributed by atoms with Crippen LogP contribution in [0.2, 0.25) is 0 Å². The second-order valence-electron chi connectivity index (χ2n) is 4.57. The highest BCUT2D eigenvalue weighted by Crippen LogP contribution is 2.39. The van der Waals surface area contributed by atoms with Gasteiger partial charge < -0.3 is 5.11 Å². The number of aliphatic hydroxyl groups is 1. The zero-order valence-corrected chi connectivity index (χ0v) is 11.0. The van der Waals surface area contributed by atoms with Crippen LogP contribution in [0.3, 0.4) is 0 Å². The van der Waals surface area contributed by atoms with E-state index in [1.165, 1.54) is 12.1 Å². The van der Waals surface area contributed by atoms with Gasteiger partial charge in [0.05, 0.1) is 17.7 Å².